The third-order valence-corrected chi connectivity index (χ3v) is 6.28. The predicted octanol–water partition coefficient (Wildman–Crippen LogP) is 3.29. The van der Waals surface area contributed by atoms with Crippen LogP contribution >= 0.6 is 15.9 Å². The second-order valence-corrected chi connectivity index (χ2v) is 9.63. The van der Waals surface area contributed by atoms with Gasteiger partial charge in [0.25, 0.3) is 0 Å². The highest BCUT2D eigenvalue weighted by atomic mass is 79.9. The van der Waals surface area contributed by atoms with Crippen LogP contribution in [0, 0.1) is 0 Å². The maximum Gasteiger partial charge on any atom is 0.337 e. The summed E-state index contributed by atoms with van der Waals surface area (Å²) in [5, 5.41) is 19.7. The average molecular weight is 649 g/mol. The number of carbonyl (C=O) groups is 3. The van der Waals surface area contributed by atoms with Crippen LogP contribution in [-0.4, -0.2) is 62.4 Å². The number of hydrazone groups is 1. The summed E-state index contributed by atoms with van der Waals surface area (Å²) >= 11 is 3.37. The third kappa shape index (κ3) is 8.36. The summed E-state index contributed by atoms with van der Waals surface area (Å²) in [5.74, 6) is 0.224. The highest BCUT2D eigenvalue weighted by Gasteiger charge is 2.32. The summed E-state index contributed by atoms with van der Waals surface area (Å²) in [5.41, 5.74) is 4.39. The van der Waals surface area contributed by atoms with Crippen LogP contribution in [0.3, 0.4) is 0 Å². The predicted molar refractivity (Wildman–Crippen MR) is 156 cm³/mol. The van der Waals surface area contributed by atoms with E-state index < -0.39 is 30.2 Å². The fraction of sp³-hybridized carbons (Fsp3) is 0.357. The number of esters is 2. The molecule has 0 radical (unpaired) electrons. The first kappa shape index (κ1) is 32.2. The molecule has 0 spiro atoms. The molecule has 0 fully saturated rings. The molecule has 42 heavy (non-hydrogen) atoms. The molecule has 0 saturated carbocycles. The van der Waals surface area contributed by atoms with Gasteiger partial charge in [-0.15, -0.1) is 0 Å². The molecule has 2 amide bonds. The van der Waals surface area contributed by atoms with Gasteiger partial charge >= 0.3 is 18.0 Å². The van der Waals surface area contributed by atoms with E-state index in [2.05, 4.69) is 37.1 Å². The number of rotatable bonds is 13. The lowest BCUT2D eigenvalue weighted by Gasteiger charge is -2.28. The topological polar surface area (TPSA) is 166 Å². The average Bonchev–Trinajstić information content (AvgIpc) is 2.93. The van der Waals surface area contributed by atoms with Crippen LogP contribution in [0.4, 0.5) is 4.79 Å². The number of methoxy groups -OCH3 is 1. The Labute approximate surface area is 251 Å². The first-order chi connectivity index (χ1) is 20.1. The molecule has 14 heteroatoms. The van der Waals surface area contributed by atoms with Crippen LogP contribution in [0.1, 0.15) is 44.9 Å². The van der Waals surface area contributed by atoms with E-state index in [0.29, 0.717) is 51.8 Å². The molecule has 226 valence electrons. The van der Waals surface area contributed by atoms with Gasteiger partial charge in [0.05, 0.1) is 42.6 Å². The van der Waals surface area contributed by atoms with E-state index in [1.54, 1.807) is 51.1 Å². The number of halogens is 1. The lowest BCUT2D eigenvalue weighted by atomic mass is 9.95. The molecule has 0 unspecified atom stereocenters. The molecule has 1 aliphatic rings. The summed E-state index contributed by atoms with van der Waals surface area (Å²) in [6.45, 7) is 7.00. The van der Waals surface area contributed by atoms with Crippen LogP contribution in [0.25, 0.3) is 0 Å². The molecule has 2 aromatic rings. The van der Waals surface area contributed by atoms with Gasteiger partial charge in [0.2, 0.25) is 0 Å². The lowest BCUT2D eigenvalue weighted by molar-refractivity contribution is -0.136. The van der Waals surface area contributed by atoms with Crippen molar-refractivity contribution in [2.45, 2.75) is 40.0 Å². The molecule has 0 aliphatic carbocycles. The molecule has 3 rings (SSSR count). The van der Waals surface area contributed by atoms with E-state index in [1.165, 1.54) is 20.2 Å². The fourth-order valence-electron chi connectivity index (χ4n) is 3.99. The van der Waals surface area contributed by atoms with Gasteiger partial charge in [-0.1, -0.05) is 6.07 Å². The minimum Gasteiger partial charge on any atom is -0.490 e. The zero-order valence-electron chi connectivity index (χ0n) is 23.8. The zero-order valence-corrected chi connectivity index (χ0v) is 25.4. The number of hydrogen-bond donors (Lipinski definition) is 4. The van der Waals surface area contributed by atoms with Crippen molar-refractivity contribution in [1.82, 2.24) is 16.1 Å². The molecule has 4 N–H and O–H groups in total. The highest BCUT2D eigenvalue weighted by Crippen LogP contribution is 2.37. The van der Waals surface area contributed by atoms with Gasteiger partial charge in [0.15, 0.2) is 29.2 Å². The molecule has 2 aromatic carbocycles. The van der Waals surface area contributed by atoms with Crippen LogP contribution < -0.4 is 35.0 Å². The van der Waals surface area contributed by atoms with Crippen LogP contribution in [0.15, 0.2) is 51.2 Å². The molecule has 2 atom stereocenters. The second-order valence-electron chi connectivity index (χ2n) is 8.77. The molecule has 13 nitrogen and oxygen atoms in total. The second kappa shape index (κ2) is 15.1. The van der Waals surface area contributed by atoms with Crippen molar-refractivity contribution in [2.24, 2.45) is 5.10 Å². The zero-order chi connectivity index (χ0) is 30.8. The van der Waals surface area contributed by atoms with Crippen molar-refractivity contribution in [2.75, 3.05) is 26.9 Å². The van der Waals surface area contributed by atoms with Crippen molar-refractivity contribution >= 4 is 40.1 Å². The summed E-state index contributed by atoms with van der Waals surface area (Å²) in [6.07, 6.45) is 0.265. The van der Waals surface area contributed by atoms with Gasteiger partial charge in [-0.3, -0.25) is 10.2 Å². The number of ether oxygens (including phenoxy) is 5. The van der Waals surface area contributed by atoms with E-state index in [0.717, 1.165) is 0 Å². The molecule has 0 aromatic heterocycles. The number of carbonyl (C=O) groups excluding carboxylic acids is 3. The maximum atomic E-state index is 12.4. The van der Waals surface area contributed by atoms with E-state index in [4.69, 9.17) is 23.7 Å². The van der Waals surface area contributed by atoms with E-state index in [9.17, 15) is 19.5 Å². The van der Waals surface area contributed by atoms with Gasteiger partial charge in [0, 0.05) is 12.6 Å². The summed E-state index contributed by atoms with van der Waals surface area (Å²) in [4.78, 5) is 36.0. The Morgan fingerprint density at radius 3 is 2.50 bits per heavy atom. The van der Waals surface area contributed by atoms with Crippen LogP contribution in [0.2, 0.25) is 0 Å². The number of nitrogens with zero attached hydrogens (tertiary/aromatic N) is 1. The van der Waals surface area contributed by atoms with Crippen molar-refractivity contribution in [3.63, 3.8) is 0 Å². The molecule has 0 bridgehead atoms. The molecule has 0 saturated heterocycles. The largest absolute Gasteiger partial charge is 0.490 e. The number of nitrogens with one attached hydrogen (secondary N) is 3. The normalized spacial score (nSPS) is 15.4. The van der Waals surface area contributed by atoms with Gasteiger partial charge in [-0.2, -0.15) is 5.10 Å². The van der Waals surface area contributed by atoms with Crippen molar-refractivity contribution in [1.29, 1.82) is 0 Å². The third-order valence-electron chi connectivity index (χ3n) is 5.69. The van der Waals surface area contributed by atoms with Gasteiger partial charge in [0.1, 0.15) is 6.61 Å². The Morgan fingerprint density at radius 2 is 1.83 bits per heavy atom. The van der Waals surface area contributed by atoms with Gasteiger partial charge in [-0.25, -0.2) is 9.59 Å². The standard InChI is InChI=1S/C28H33BrN4O9/c1-6-39-21-12-18(25-24(27(36)38-5)15(3)31-28(37)32-25)8-9-20(21)41-14-23(35)33-30-13-17-10-19(29)26(42-16(4)34)22(11-17)40-7-2/h8-13,23,25,33,35H,6-7,14H2,1-5H3,(H2,31,32,37)/b30-13+/t23-,25-/m1/s1. The molecular weight excluding hydrogens is 616 g/mol. The van der Waals surface area contributed by atoms with E-state index in [1.807, 2.05) is 0 Å². The number of allylic oxidation sites excluding steroid dienone is 1. The first-order valence-electron chi connectivity index (χ1n) is 12.9. The number of urea groups is 1. The Bertz CT molecular complexity index is 1380. The summed E-state index contributed by atoms with van der Waals surface area (Å²) in [6, 6.07) is 7.03. The van der Waals surface area contributed by atoms with Crippen molar-refractivity contribution < 1.29 is 43.2 Å². The van der Waals surface area contributed by atoms with Gasteiger partial charge < -0.3 is 39.4 Å². The minimum absolute atomic E-state index is 0.188. The van der Waals surface area contributed by atoms with Crippen molar-refractivity contribution in [3.05, 3.63) is 57.2 Å². The Balaban J connectivity index is 1.70. The Hall–Kier alpha value is -4.30. The first-order valence-corrected chi connectivity index (χ1v) is 13.7. The smallest absolute Gasteiger partial charge is 0.337 e. The molecule has 1 heterocycles. The van der Waals surface area contributed by atoms with Crippen LogP contribution in [-0.2, 0) is 14.3 Å². The fourth-order valence-corrected chi connectivity index (χ4v) is 4.53. The number of benzene rings is 2. The van der Waals surface area contributed by atoms with E-state index >= 15 is 0 Å². The van der Waals surface area contributed by atoms with E-state index in [-0.39, 0.29) is 17.9 Å². The molecular formula is C28H33BrN4O9. The van der Waals surface area contributed by atoms with Crippen molar-refractivity contribution in [3.8, 4) is 23.0 Å². The Morgan fingerprint density at radius 1 is 1.12 bits per heavy atom. The number of amides is 2. The highest BCUT2D eigenvalue weighted by molar-refractivity contribution is 9.10. The van der Waals surface area contributed by atoms with Crippen LogP contribution in [0.5, 0.6) is 23.0 Å². The number of aliphatic hydroxyl groups excluding tert-OH is 1. The minimum atomic E-state index is -1.19. The monoisotopic (exact) mass is 648 g/mol. The molecule has 1 aliphatic heterocycles. The maximum absolute atomic E-state index is 12.4. The number of aliphatic hydroxyl groups is 1. The van der Waals surface area contributed by atoms with Gasteiger partial charge in [-0.05, 0) is 72.1 Å². The quantitative estimate of drug-likeness (QED) is 0.0832. The Kier molecular flexibility index (Phi) is 11.6. The summed E-state index contributed by atoms with van der Waals surface area (Å²) in [7, 11) is 1.26. The number of hydrogen-bond acceptors (Lipinski definition) is 11. The summed E-state index contributed by atoms with van der Waals surface area (Å²) < 4.78 is 27.7. The SMILES string of the molecule is CCOc1cc([C@H]2NC(=O)NC(C)=C2C(=O)OC)ccc1OC[C@@H](O)N/N=C/c1cc(Br)c(OC(C)=O)c(OCC)c1. The lowest BCUT2D eigenvalue weighted by Crippen LogP contribution is -2.45.